The summed E-state index contributed by atoms with van der Waals surface area (Å²) >= 11 is 0. The molecule has 2 N–H and O–H groups in total. The molecule has 2 aromatic rings. The van der Waals surface area contributed by atoms with Crippen molar-refractivity contribution < 1.29 is 14.6 Å². The average molecular weight is 397 g/mol. The lowest BCUT2D eigenvalue weighted by molar-refractivity contribution is -0.117. The van der Waals surface area contributed by atoms with Crippen LogP contribution in [0.15, 0.2) is 18.5 Å². The zero-order valence-corrected chi connectivity index (χ0v) is 16.5. The van der Waals surface area contributed by atoms with Gasteiger partial charge < -0.3 is 15.2 Å². The molecule has 8 heteroatoms. The van der Waals surface area contributed by atoms with E-state index >= 15 is 0 Å². The van der Waals surface area contributed by atoms with E-state index in [1.165, 1.54) is 0 Å². The molecule has 0 spiro atoms. The van der Waals surface area contributed by atoms with Crippen LogP contribution in [-0.4, -0.2) is 43.0 Å². The van der Waals surface area contributed by atoms with Crippen molar-refractivity contribution >= 4 is 11.7 Å². The molecule has 0 aromatic carbocycles. The van der Waals surface area contributed by atoms with E-state index in [0.717, 1.165) is 62.7 Å². The van der Waals surface area contributed by atoms with Crippen LogP contribution < -0.4 is 5.32 Å². The predicted octanol–water partition coefficient (Wildman–Crippen LogP) is 2.18. The van der Waals surface area contributed by atoms with Gasteiger partial charge in [0, 0.05) is 36.6 Å². The van der Waals surface area contributed by atoms with Gasteiger partial charge in [-0.2, -0.15) is 5.10 Å². The van der Waals surface area contributed by atoms with Gasteiger partial charge in [0.25, 0.3) is 0 Å². The van der Waals surface area contributed by atoms with Gasteiger partial charge >= 0.3 is 0 Å². The van der Waals surface area contributed by atoms with Gasteiger partial charge in [-0.25, -0.2) is 9.97 Å². The lowest BCUT2D eigenvalue weighted by Gasteiger charge is -2.23. The molecule has 1 unspecified atom stereocenters. The van der Waals surface area contributed by atoms with E-state index in [9.17, 15) is 9.90 Å². The summed E-state index contributed by atoms with van der Waals surface area (Å²) < 4.78 is 7.76. The molecule has 1 aliphatic heterocycles. The van der Waals surface area contributed by atoms with Gasteiger partial charge in [-0.3, -0.25) is 9.48 Å². The number of fused-ring (bicyclic) bond motifs is 1. The van der Waals surface area contributed by atoms with Gasteiger partial charge in [0.1, 0.15) is 6.61 Å². The fourth-order valence-corrected chi connectivity index (χ4v) is 4.30. The first kappa shape index (κ1) is 18.7. The van der Waals surface area contributed by atoms with E-state index in [4.69, 9.17) is 4.74 Å². The van der Waals surface area contributed by atoms with Crippen LogP contribution >= 0.6 is 0 Å². The summed E-state index contributed by atoms with van der Waals surface area (Å²) in [5, 5.41) is 17.3. The first-order valence-corrected chi connectivity index (χ1v) is 10.6. The van der Waals surface area contributed by atoms with Crippen molar-refractivity contribution in [3.05, 3.63) is 35.5 Å². The number of aryl methyl sites for hydroxylation is 1. The molecule has 1 amide bonds. The summed E-state index contributed by atoms with van der Waals surface area (Å²) in [6.07, 6.45) is 9.87. The number of amides is 1. The van der Waals surface area contributed by atoms with Crippen molar-refractivity contribution in [2.24, 2.45) is 5.92 Å². The molecule has 2 aromatic heterocycles. The average Bonchev–Trinajstić information content (AvgIpc) is 3.39. The van der Waals surface area contributed by atoms with Crippen molar-refractivity contribution in [2.75, 3.05) is 5.32 Å². The number of hydrogen-bond donors (Lipinski definition) is 2. The molecule has 2 saturated carbocycles. The number of aromatic nitrogens is 4. The Hall–Kier alpha value is -2.32. The van der Waals surface area contributed by atoms with Gasteiger partial charge in [0.05, 0.1) is 12.2 Å². The van der Waals surface area contributed by atoms with E-state index in [1.807, 2.05) is 23.1 Å². The third kappa shape index (κ3) is 4.18. The predicted molar refractivity (Wildman–Crippen MR) is 105 cm³/mol. The van der Waals surface area contributed by atoms with Gasteiger partial charge in [-0.05, 0) is 56.4 Å². The van der Waals surface area contributed by atoms with Crippen LogP contribution in [0.25, 0.3) is 0 Å². The summed E-state index contributed by atoms with van der Waals surface area (Å²) in [6.45, 7) is 1.16. The minimum atomic E-state index is -0.361. The Kier molecular flexibility index (Phi) is 5.05. The molecule has 154 valence electrons. The van der Waals surface area contributed by atoms with Crippen LogP contribution in [-0.2, 0) is 29.1 Å². The van der Waals surface area contributed by atoms with Crippen LogP contribution in [0.4, 0.5) is 5.82 Å². The Labute approximate surface area is 169 Å². The highest BCUT2D eigenvalue weighted by molar-refractivity contribution is 5.93. The van der Waals surface area contributed by atoms with Crippen molar-refractivity contribution in [1.82, 2.24) is 19.7 Å². The zero-order chi connectivity index (χ0) is 19.8. The third-order valence-corrected chi connectivity index (χ3v) is 6.25. The lowest BCUT2D eigenvalue weighted by atomic mass is 9.91. The number of ether oxygens (including phenoxy) is 1. The van der Waals surface area contributed by atoms with E-state index in [1.54, 1.807) is 0 Å². The third-order valence-electron chi connectivity index (χ3n) is 6.25. The molecule has 0 saturated heterocycles. The quantitative estimate of drug-likeness (QED) is 0.775. The Morgan fingerprint density at radius 3 is 2.76 bits per heavy atom. The number of nitrogens with zero attached hydrogens (tertiary/aromatic N) is 4. The fraction of sp³-hybridized carbons (Fsp3) is 0.619. The van der Waals surface area contributed by atoms with Gasteiger partial charge in [-0.15, -0.1) is 0 Å². The first-order valence-electron chi connectivity index (χ1n) is 10.6. The highest BCUT2D eigenvalue weighted by Gasteiger charge is 2.31. The van der Waals surface area contributed by atoms with E-state index in [-0.39, 0.29) is 24.0 Å². The Morgan fingerprint density at radius 1 is 1.21 bits per heavy atom. The molecule has 3 aliphatic rings. The van der Waals surface area contributed by atoms with E-state index in [2.05, 4.69) is 20.4 Å². The fourth-order valence-electron chi connectivity index (χ4n) is 4.30. The lowest BCUT2D eigenvalue weighted by Crippen LogP contribution is -2.23. The largest absolute Gasteiger partial charge is 0.390 e. The molecule has 8 nitrogen and oxygen atoms in total. The van der Waals surface area contributed by atoms with Crippen molar-refractivity contribution in [1.29, 1.82) is 0 Å². The van der Waals surface area contributed by atoms with Gasteiger partial charge in [0.2, 0.25) is 5.91 Å². The second-order valence-electron chi connectivity index (χ2n) is 8.48. The zero-order valence-electron chi connectivity index (χ0n) is 16.5. The Balaban J connectivity index is 1.18. The summed E-state index contributed by atoms with van der Waals surface area (Å²) in [7, 11) is 0. The van der Waals surface area contributed by atoms with Gasteiger partial charge in [0.15, 0.2) is 11.6 Å². The highest BCUT2D eigenvalue weighted by atomic mass is 16.5. The SMILES string of the molecule is O=C(Nc1cc2n(n1)CCC(c1cnc(CO[C@H]3CCC[C@@H]3O)nc1)C2)C1CC1. The Bertz CT molecular complexity index is 877. The number of rotatable bonds is 6. The maximum absolute atomic E-state index is 12.0. The monoisotopic (exact) mass is 397 g/mol. The summed E-state index contributed by atoms with van der Waals surface area (Å²) in [6, 6.07) is 1.99. The second-order valence-corrected chi connectivity index (χ2v) is 8.48. The smallest absolute Gasteiger partial charge is 0.228 e. The summed E-state index contributed by atoms with van der Waals surface area (Å²) in [5.74, 6) is 1.93. The number of anilines is 1. The maximum Gasteiger partial charge on any atom is 0.228 e. The van der Waals surface area contributed by atoms with Gasteiger partial charge in [-0.1, -0.05) is 0 Å². The minimum absolute atomic E-state index is 0.0910. The first-order chi connectivity index (χ1) is 14.2. The number of aliphatic hydroxyl groups is 1. The summed E-state index contributed by atoms with van der Waals surface area (Å²) in [4.78, 5) is 20.9. The second kappa shape index (κ2) is 7.84. The van der Waals surface area contributed by atoms with Crippen molar-refractivity contribution in [3.8, 4) is 0 Å². The van der Waals surface area contributed by atoms with E-state index in [0.29, 0.717) is 24.2 Å². The molecule has 3 atom stereocenters. The molecular weight excluding hydrogens is 370 g/mol. The number of hydrogen-bond acceptors (Lipinski definition) is 6. The molecular formula is C21H27N5O3. The number of nitrogens with one attached hydrogen (secondary N) is 1. The van der Waals surface area contributed by atoms with Crippen LogP contribution in [0.5, 0.6) is 0 Å². The normalized spacial score (nSPS) is 26.3. The molecule has 2 fully saturated rings. The van der Waals surface area contributed by atoms with Crippen molar-refractivity contribution in [2.45, 2.75) is 76.2 Å². The number of carbonyl (C=O) groups is 1. The molecule has 5 rings (SSSR count). The Morgan fingerprint density at radius 2 is 2.03 bits per heavy atom. The number of aliphatic hydroxyl groups excluding tert-OH is 1. The minimum Gasteiger partial charge on any atom is -0.390 e. The molecule has 29 heavy (non-hydrogen) atoms. The standard InChI is InChI=1S/C21H27N5O3/c27-17-2-1-3-18(17)29-12-20-22-10-15(11-23-20)14-6-7-26-16(8-14)9-19(25-26)24-21(28)13-4-5-13/h9-11,13-14,17-18,27H,1-8,12H2,(H,24,25,28)/t14?,17-,18-/m0/s1. The van der Waals surface area contributed by atoms with Crippen molar-refractivity contribution in [3.63, 3.8) is 0 Å². The molecule has 2 aliphatic carbocycles. The van der Waals surface area contributed by atoms with Crippen LogP contribution in [0.3, 0.4) is 0 Å². The van der Waals surface area contributed by atoms with Crippen LogP contribution in [0.1, 0.15) is 61.5 Å². The maximum atomic E-state index is 12.0. The van der Waals surface area contributed by atoms with Crippen LogP contribution in [0.2, 0.25) is 0 Å². The molecule has 0 bridgehead atoms. The summed E-state index contributed by atoms with van der Waals surface area (Å²) in [5.41, 5.74) is 2.25. The number of carbonyl (C=O) groups excluding carboxylic acids is 1. The van der Waals surface area contributed by atoms with Crippen LogP contribution in [0, 0.1) is 5.92 Å². The topological polar surface area (TPSA) is 102 Å². The molecule has 3 heterocycles. The highest BCUT2D eigenvalue weighted by Crippen LogP contribution is 2.32. The molecule has 0 radical (unpaired) electrons. The van der Waals surface area contributed by atoms with E-state index < -0.39 is 0 Å².